The minimum atomic E-state index is 0.399. The minimum absolute atomic E-state index is 0.399. The molecule has 6 nitrogen and oxygen atoms in total. The molecule has 2 heterocycles. The quantitative estimate of drug-likeness (QED) is 0.799. The van der Waals surface area contributed by atoms with Gasteiger partial charge in [-0.2, -0.15) is 0 Å². The largest absolute Gasteiger partial charge is 0.467 e. The van der Waals surface area contributed by atoms with E-state index in [0.29, 0.717) is 18.4 Å². The molecule has 2 rings (SSSR count). The Morgan fingerprint density at radius 2 is 2.33 bits per heavy atom. The molecule has 15 heavy (non-hydrogen) atoms. The Balaban J connectivity index is 2.14. The molecule has 0 amide bonds. The van der Waals surface area contributed by atoms with Crippen molar-refractivity contribution in [3.63, 3.8) is 0 Å². The van der Waals surface area contributed by atoms with Gasteiger partial charge >= 0.3 is 0 Å². The van der Waals surface area contributed by atoms with Crippen LogP contribution in [0, 0.1) is 0 Å². The second kappa shape index (κ2) is 3.64. The number of hydrogen-bond donors (Lipinski definition) is 1. The van der Waals surface area contributed by atoms with Gasteiger partial charge in [-0.15, -0.1) is 10.2 Å². The molecule has 80 valence electrons. The van der Waals surface area contributed by atoms with Crippen molar-refractivity contribution in [2.75, 3.05) is 17.7 Å². The van der Waals surface area contributed by atoms with E-state index in [1.807, 2.05) is 31.1 Å². The highest BCUT2D eigenvalue weighted by Crippen LogP contribution is 2.14. The van der Waals surface area contributed by atoms with Crippen LogP contribution in [0.15, 0.2) is 22.8 Å². The first-order valence-electron chi connectivity index (χ1n) is 4.57. The molecular formula is C9H13N5O. The summed E-state index contributed by atoms with van der Waals surface area (Å²) in [5.41, 5.74) is 5.59. The van der Waals surface area contributed by atoms with E-state index in [9.17, 15) is 0 Å². The predicted molar refractivity (Wildman–Crippen MR) is 56.2 cm³/mol. The first-order chi connectivity index (χ1) is 7.18. The Bertz CT molecular complexity index is 433. The van der Waals surface area contributed by atoms with E-state index in [4.69, 9.17) is 10.2 Å². The van der Waals surface area contributed by atoms with Crippen LogP contribution in [0.25, 0.3) is 0 Å². The second-order valence-corrected chi connectivity index (χ2v) is 3.35. The van der Waals surface area contributed by atoms with Crippen LogP contribution < -0.4 is 10.6 Å². The van der Waals surface area contributed by atoms with E-state index in [1.165, 1.54) is 0 Å². The fourth-order valence-corrected chi connectivity index (χ4v) is 1.37. The van der Waals surface area contributed by atoms with Crippen LogP contribution in [0.4, 0.5) is 11.9 Å². The Morgan fingerprint density at radius 1 is 1.53 bits per heavy atom. The van der Waals surface area contributed by atoms with Crippen molar-refractivity contribution in [2.24, 2.45) is 7.05 Å². The van der Waals surface area contributed by atoms with E-state index in [0.717, 1.165) is 5.76 Å². The van der Waals surface area contributed by atoms with Crippen molar-refractivity contribution in [1.29, 1.82) is 0 Å². The average Bonchev–Trinajstić information content (AvgIpc) is 2.79. The van der Waals surface area contributed by atoms with Gasteiger partial charge < -0.3 is 15.1 Å². The molecule has 2 aromatic rings. The summed E-state index contributed by atoms with van der Waals surface area (Å²) >= 11 is 0. The topological polar surface area (TPSA) is 73.1 Å². The number of hydrogen-bond acceptors (Lipinski definition) is 5. The van der Waals surface area contributed by atoms with Crippen molar-refractivity contribution < 1.29 is 4.42 Å². The molecule has 2 N–H and O–H groups in total. The van der Waals surface area contributed by atoms with Gasteiger partial charge in [0.2, 0.25) is 11.9 Å². The summed E-state index contributed by atoms with van der Waals surface area (Å²) < 4.78 is 6.97. The van der Waals surface area contributed by atoms with Crippen LogP contribution >= 0.6 is 0 Å². The predicted octanol–water partition coefficient (Wildman–Crippen LogP) is 0.627. The summed E-state index contributed by atoms with van der Waals surface area (Å²) in [5, 5.41) is 7.75. The van der Waals surface area contributed by atoms with Crippen LogP contribution in [0.3, 0.4) is 0 Å². The summed E-state index contributed by atoms with van der Waals surface area (Å²) in [7, 11) is 3.73. The van der Waals surface area contributed by atoms with Gasteiger partial charge in [-0.3, -0.25) is 4.57 Å². The lowest BCUT2D eigenvalue weighted by atomic mass is 10.4. The zero-order valence-electron chi connectivity index (χ0n) is 8.71. The fourth-order valence-electron chi connectivity index (χ4n) is 1.37. The molecule has 0 aliphatic rings. The molecule has 0 aromatic carbocycles. The summed E-state index contributed by atoms with van der Waals surface area (Å²) in [6.45, 7) is 0.638. The van der Waals surface area contributed by atoms with Gasteiger partial charge in [0.15, 0.2) is 0 Å². The lowest BCUT2D eigenvalue weighted by Crippen LogP contribution is -2.20. The van der Waals surface area contributed by atoms with Crippen LogP contribution in [0.5, 0.6) is 0 Å². The molecule has 0 unspecified atom stereocenters. The van der Waals surface area contributed by atoms with Gasteiger partial charge in [0.05, 0.1) is 12.8 Å². The van der Waals surface area contributed by atoms with E-state index in [-0.39, 0.29) is 0 Å². The Morgan fingerprint density at radius 3 is 2.87 bits per heavy atom. The standard InChI is InChI=1S/C9H13N5O/c1-13(6-7-4-3-5-15-7)9-12-11-8(10)14(9)2/h3-5H,6H2,1-2H3,(H2,10,11). The van der Waals surface area contributed by atoms with Crippen LogP contribution in [-0.2, 0) is 13.6 Å². The molecule has 2 aromatic heterocycles. The van der Waals surface area contributed by atoms with E-state index in [1.54, 1.807) is 10.8 Å². The highest BCUT2D eigenvalue weighted by atomic mass is 16.3. The number of nitrogen functional groups attached to an aromatic ring is 1. The molecule has 0 radical (unpaired) electrons. The third kappa shape index (κ3) is 1.78. The maximum absolute atomic E-state index is 5.59. The number of furan rings is 1. The number of rotatable bonds is 3. The van der Waals surface area contributed by atoms with Crippen molar-refractivity contribution in [1.82, 2.24) is 14.8 Å². The van der Waals surface area contributed by atoms with Gasteiger partial charge in [0, 0.05) is 14.1 Å². The number of nitrogens with two attached hydrogens (primary N) is 1. The van der Waals surface area contributed by atoms with Crippen molar-refractivity contribution in [3.05, 3.63) is 24.2 Å². The Kier molecular flexibility index (Phi) is 2.32. The average molecular weight is 207 g/mol. The molecule has 0 fully saturated rings. The van der Waals surface area contributed by atoms with Gasteiger partial charge in [0.25, 0.3) is 0 Å². The smallest absolute Gasteiger partial charge is 0.228 e. The second-order valence-electron chi connectivity index (χ2n) is 3.35. The lowest BCUT2D eigenvalue weighted by molar-refractivity contribution is 0.505. The summed E-state index contributed by atoms with van der Waals surface area (Å²) in [4.78, 5) is 1.92. The van der Waals surface area contributed by atoms with Crippen molar-refractivity contribution in [3.8, 4) is 0 Å². The van der Waals surface area contributed by atoms with E-state index < -0.39 is 0 Å². The highest BCUT2D eigenvalue weighted by Gasteiger charge is 2.11. The first kappa shape index (κ1) is 9.57. The summed E-state index contributed by atoms with van der Waals surface area (Å²) in [6.07, 6.45) is 1.65. The molecule has 0 bridgehead atoms. The highest BCUT2D eigenvalue weighted by molar-refractivity contribution is 5.35. The zero-order chi connectivity index (χ0) is 10.8. The van der Waals surface area contributed by atoms with Crippen LogP contribution in [0.1, 0.15) is 5.76 Å². The van der Waals surface area contributed by atoms with Gasteiger partial charge in [0.1, 0.15) is 5.76 Å². The summed E-state index contributed by atoms with van der Waals surface area (Å²) in [6, 6.07) is 3.77. The normalized spacial score (nSPS) is 10.5. The van der Waals surface area contributed by atoms with Crippen molar-refractivity contribution in [2.45, 2.75) is 6.54 Å². The number of nitrogens with zero attached hydrogens (tertiary/aromatic N) is 4. The number of anilines is 2. The van der Waals surface area contributed by atoms with E-state index >= 15 is 0 Å². The monoisotopic (exact) mass is 207 g/mol. The molecule has 0 saturated carbocycles. The van der Waals surface area contributed by atoms with Gasteiger partial charge in [-0.05, 0) is 12.1 Å². The minimum Gasteiger partial charge on any atom is -0.467 e. The fraction of sp³-hybridized carbons (Fsp3) is 0.333. The molecule has 0 aliphatic carbocycles. The maximum atomic E-state index is 5.59. The Labute approximate surface area is 87.3 Å². The van der Waals surface area contributed by atoms with Crippen molar-refractivity contribution >= 4 is 11.9 Å². The first-order valence-corrected chi connectivity index (χ1v) is 4.57. The molecule has 0 aliphatic heterocycles. The molecule has 0 saturated heterocycles. The zero-order valence-corrected chi connectivity index (χ0v) is 8.71. The third-order valence-electron chi connectivity index (χ3n) is 2.20. The van der Waals surface area contributed by atoms with E-state index in [2.05, 4.69) is 10.2 Å². The SMILES string of the molecule is CN(Cc1ccco1)c1nnc(N)n1C. The van der Waals surface area contributed by atoms with Gasteiger partial charge in [-0.25, -0.2) is 0 Å². The van der Waals surface area contributed by atoms with Crippen LogP contribution in [-0.4, -0.2) is 21.8 Å². The number of aromatic nitrogens is 3. The summed E-state index contributed by atoms with van der Waals surface area (Å²) in [5.74, 6) is 1.99. The molecular weight excluding hydrogens is 194 g/mol. The molecule has 0 spiro atoms. The maximum Gasteiger partial charge on any atom is 0.228 e. The Hall–Kier alpha value is -1.98. The van der Waals surface area contributed by atoms with Gasteiger partial charge in [-0.1, -0.05) is 0 Å². The molecule has 6 heteroatoms. The lowest BCUT2D eigenvalue weighted by Gasteiger charge is -2.15. The third-order valence-corrected chi connectivity index (χ3v) is 2.20. The van der Waals surface area contributed by atoms with Crippen LogP contribution in [0.2, 0.25) is 0 Å². The molecule has 0 atom stereocenters.